The molecule has 0 amide bonds. The van der Waals surface area contributed by atoms with E-state index in [9.17, 15) is 0 Å². The Kier molecular flexibility index (Phi) is 4.42. The molecule has 0 N–H and O–H groups in total. The fourth-order valence-electron chi connectivity index (χ4n) is 3.19. The molecule has 0 aliphatic carbocycles. The zero-order valence-corrected chi connectivity index (χ0v) is 14.3. The summed E-state index contributed by atoms with van der Waals surface area (Å²) >= 11 is 0. The maximum Gasteiger partial charge on any atom is 0.264 e. The van der Waals surface area contributed by atoms with Gasteiger partial charge in [-0.25, -0.2) is 4.84 Å². The van der Waals surface area contributed by atoms with Crippen LogP contribution in [0, 0.1) is 0 Å². The monoisotopic (exact) mass is 338 g/mol. The largest absolute Gasteiger partial charge is 0.357 e. The summed E-state index contributed by atoms with van der Waals surface area (Å²) < 4.78 is 5.91. The van der Waals surface area contributed by atoms with Crippen molar-refractivity contribution in [3.05, 3.63) is 71.8 Å². The third-order valence-corrected chi connectivity index (χ3v) is 4.53. The molecule has 0 unspecified atom stereocenters. The number of fused-ring (bicyclic) bond motifs is 1. The third kappa shape index (κ3) is 2.90. The number of oxime groups is 1. The maximum absolute atomic E-state index is 6.11. The van der Waals surface area contributed by atoms with E-state index in [0.29, 0.717) is 18.9 Å². The van der Waals surface area contributed by atoms with Gasteiger partial charge in [0, 0.05) is 17.7 Å². The molecule has 25 heavy (non-hydrogen) atoms. The zero-order chi connectivity index (χ0) is 17.1. The van der Waals surface area contributed by atoms with Gasteiger partial charge < -0.3 is 9.57 Å². The number of hydroxylamine groups is 2. The van der Waals surface area contributed by atoms with Gasteiger partial charge in [0.05, 0.1) is 6.42 Å². The number of benzene rings is 2. The van der Waals surface area contributed by atoms with E-state index in [-0.39, 0.29) is 6.29 Å². The van der Waals surface area contributed by atoms with Crippen LogP contribution in [0.1, 0.15) is 37.3 Å². The van der Waals surface area contributed by atoms with Crippen molar-refractivity contribution in [1.82, 2.24) is 5.06 Å². The lowest BCUT2D eigenvalue weighted by Crippen LogP contribution is -2.40. The summed E-state index contributed by atoms with van der Waals surface area (Å²) in [7, 11) is 0. The number of rotatable bonds is 6. The predicted octanol–water partition coefficient (Wildman–Crippen LogP) is 4.01. The van der Waals surface area contributed by atoms with Crippen molar-refractivity contribution < 1.29 is 14.4 Å². The van der Waals surface area contributed by atoms with E-state index < -0.39 is 5.72 Å². The molecule has 1 saturated heterocycles. The highest BCUT2D eigenvalue weighted by Crippen LogP contribution is 2.46. The smallest absolute Gasteiger partial charge is 0.264 e. The van der Waals surface area contributed by atoms with Crippen LogP contribution in [0.2, 0.25) is 0 Å². The Labute approximate surface area is 147 Å². The lowest BCUT2D eigenvalue weighted by Gasteiger charge is -2.28. The number of hydrogen-bond acceptors (Lipinski definition) is 5. The van der Waals surface area contributed by atoms with E-state index in [4.69, 9.17) is 14.4 Å². The van der Waals surface area contributed by atoms with E-state index in [1.807, 2.05) is 60.7 Å². The van der Waals surface area contributed by atoms with Crippen LogP contribution in [0.4, 0.5) is 0 Å². The third-order valence-electron chi connectivity index (χ3n) is 4.53. The molecule has 0 radical (unpaired) electrons. The summed E-state index contributed by atoms with van der Waals surface area (Å²) in [6.45, 7) is 2.82. The molecule has 2 heterocycles. The average molecular weight is 338 g/mol. The number of unbranched alkanes of at least 4 members (excludes halogenated alkanes) is 1. The molecule has 5 nitrogen and oxygen atoms in total. The van der Waals surface area contributed by atoms with Crippen molar-refractivity contribution in [2.24, 2.45) is 5.16 Å². The minimum absolute atomic E-state index is 0.346. The molecule has 2 aliphatic heterocycles. The molecular formula is C20H22N2O3. The Morgan fingerprint density at radius 3 is 2.56 bits per heavy atom. The predicted molar refractivity (Wildman–Crippen MR) is 94.4 cm³/mol. The fourth-order valence-corrected chi connectivity index (χ4v) is 3.19. The minimum atomic E-state index is -0.774. The summed E-state index contributed by atoms with van der Waals surface area (Å²) in [4.78, 5) is 12.1. The Morgan fingerprint density at radius 1 is 1.12 bits per heavy atom. The molecule has 0 bridgehead atoms. The molecule has 2 aromatic rings. The van der Waals surface area contributed by atoms with Crippen molar-refractivity contribution in [2.75, 3.05) is 6.61 Å². The highest BCUT2D eigenvalue weighted by Gasteiger charge is 2.57. The van der Waals surface area contributed by atoms with E-state index in [1.165, 1.54) is 0 Å². The Balaban J connectivity index is 1.64. The van der Waals surface area contributed by atoms with Gasteiger partial charge in [-0.2, -0.15) is 5.06 Å². The first-order chi connectivity index (χ1) is 12.3. The van der Waals surface area contributed by atoms with Crippen LogP contribution >= 0.6 is 0 Å². The van der Waals surface area contributed by atoms with Gasteiger partial charge in [-0.15, -0.1) is 0 Å². The van der Waals surface area contributed by atoms with Crippen LogP contribution in [0.5, 0.6) is 0 Å². The second-order valence-electron chi connectivity index (χ2n) is 6.28. The standard InChI is InChI=1S/C20H22N2O3/c1-2-3-14-23-18-15-20(17-12-8-5-9-13-17)22(24-18)19(21-25-20)16-10-6-4-7-11-16/h4-13,18H,2-3,14-15H2,1H3/t18-,20+/m0/s1. The molecule has 2 aliphatic rings. The number of amidine groups is 1. The summed E-state index contributed by atoms with van der Waals surface area (Å²) in [6.07, 6.45) is 2.33. The van der Waals surface area contributed by atoms with Gasteiger partial charge >= 0.3 is 0 Å². The van der Waals surface area contributed by atoms with E-state index in [1.54, 1.807) is 5.06 Å². The highest BCUT2D eigenvalue weighted by molar-refractivity contribution is 5.99. The summed E-state index contributed by atoms with van der Waals surface area (Å²) in [6, 6.07) is 20.0. The number of ether oxygens (including phenoxy) is 1. The lowest BCUT2D eigenvalue weighted by molar-refractivity contribution is -0.238. The Morgan fingerprint density at radius 2 is 1.84 bits per heavy atom. The average Bonchev–Trinajstić information content (AvgIpc) is 3.20. The van der Waals surface area contributed by atoms with Crippen molar-refractivity contribution in [3.8, 4) is 0 Å². The summed E-state index contributed by atoms with van der Waals surface area (Å²) in [5.41, 5.74) is 1.18. The van der Waals surface area contributed by atoms with Gasteiger partial charge in [-0.05, 0) is 6.42 Å². The first kappa shape index (κ1) is 16.1. The van der Waals surface area contributed by atoms with Gasteiger partial charge in [0.2, 0.25) is 5.84 Å². The van der Waals surface area contributed by atoms with Crippen molar-refractivity contribution in [3.63, 3.8) is 0 Å². The van der Waals surface area contributed by atoms with Crippen LogP contribution in [0.25, 0.3) is 0 Å². The van der Waals surface area contributed by atoms with E-state index in [0.717, 1.165) is 24.0 Å². The van der Waals surface area contributed by atoms with E-state index in [2.05, 4.69) is 12.1 Å². The van der Waals surface area contributed by atoms with Crippen LogP contribution in [-0.4, -0.2) is 23.8 Å². The first-order valence-electron chi connectivity index (χ1n) is 8.79. The molecule has 130 valence electrons. The summed E-state index contributed by atoms with van der Waals surface area (Å²) in [5, 5.41) is 6.10. The van der Waals surface area contributed by atoms with Crippen LogP contribution in [-0.2, 0) is 20.1 Å². The maximum atomic E-state index is 6.11. The van der Waals surface area contributed by atoms with Crippen LogP contribution in [0.15, 0.2) is 65.8 Å². The number of nitrogens with zero attached hydrogens (tertiary/aromatic N) is 2. The quantitative estimate of drug-likeness (QED) is 0.747. The van der Waals surface area contributed by atoms with Crippen molar-refractivity contribution >= 4 is 5.84 Å². The molecule has 2 aromatic carbocycles. The molecular weight excluding hydrogens is 316 g/mol. The van der Waals surface area contributed by atoms with Crippen molar-refractivity contribution in [1.29, 1.82) is 0 Å². The fraction of sp³-hybridized carbons (Fsp3) is 0.350. The normalized spacial score (nSPS) is 24.8. The van der Waals surface area contributed by atoms with Gasteiger partial charge in [0.1, 0.15) is 0 Å². The number of hydrogen-bond donors (Lipinski definition) is 0. The Bertz CT molecular complexity index is 735. The molecule has 0 spiro atoms. The van der Waals surface area contributed by atoms with Crippen LogP contribution < -0.4 is 0 Å². The highest BCUT2D eigenvalue weighted by atomic mass is 16.9. The molecule has 2 atom stereocenters. The Hall–Kier alpha value is -2.37. The van der Waals surface area contributed by atoms with Gasteiger partial charge in [0.25, 0.3) is 5.72 Å². The van der Waals surface area contributed by atoms with Crippen molar-refractivity contribution in [2.45, 2.75) is 38.2 Å². The van der Waals surface area contributed by atoms with Gasteiger partial charge in [-0.1, -0.05) is 79.2 Å². The van der Waals surface area contributed by atoms with Gasteiger partial charge in [0.15, 0.2) is 6.29 Å². The molecule has 0 saturated carbocycles. The lowest BCUT2D eigenvalue weighted by atomic mass is 9.99. The topological polar surface area (TPSA) is 43.3 Å². The molecule has 1 fully saturated rings. The zero-order valence-electron chi connectivity index (χ0n) is 14.3. The van der Waals surface area contributed by atoms with E-state index >= 15 is 0 Å². The molecule has 5 heteroatoms. The summed E-state index contributed by atoms with van der Waals surface area (Å²) in [5.74, 6) is 0.672. The first-order valence-corrected chi connectivity index (χ1v) is 8.79. The van der Waals surface area contributed by atoms with Crippen LogP contribution in [0.3, 0.4) is 0 Å². The minimum Gasteiger partial charge on any atom is -0.357 e. The second-order valence-corrected chi connectivity index (χ2v) is 6.28. The SMILES string of the molecule is CCCCO[C@@H]1C[C@]2(c3ccccc3)ON=C(c3ccccc3)N2O1. The second kappa shape index (κ2) is 6.86. The molecule has 0 aromatic heterocycles. The molecule has 4 rings (SSSR count). The van der Waals surface area contributed by atoms with Gasteiger partial charge in [-0.3, -0.25) is 0 Å².